The van der Waals surface area contributed by atoms with Crippen LogP contribution < -0.4 is 15.6 Å². The second kappa shape index (κ2) is 6.43. The molecule has 0 saturated heterocycles. The number of thiazole rings is 1. The van der Waals surface area contributed by atoms with Crippen molar-refractivity contribution >= 4 is 43.1 Å². The molecular formula is C16H16N4O3S2. The molecule has 0 atom stereocenters. The van der Waals surface area contributed by atoms with Gasteiger partial charge in [-0.1, -0.05) is 0 Å². The van der Waals surface area contributed by atoms with E-state index in [2.05, 4.69) is 9.98 Å². The summed E-state index contributed by atoms with van der Waals surface area (Å²) >= 11 is 1.42. The Kier molecular flexibility index (Phi) is 4.46. The summed E-state index contributed by atoms with van der Waals surface area (Å²) in [5.74, 6) is 0.972. The van der Waals surface area contributed by atoms with Gasteiger partial charge in [0.15, 0.2) is 0 Å². The average molecular weight is 376 g/mol. The SMILES string of the molecule is COc1ccc(S(N)(=O)=O)cc1-c1nc2cc(N=C(C)N)ccc2s1. The maximum Gasteiger partial charge on any atom is 0.238 e. The zero-order chi connectivity index (χ0) is 18.2. The number of methoxy groups -OCH3 is 1. The molecule has 0 unspecified atom stereocenters. The van der Waals surface area contributed by atoms with Crippen LogP contribution in [0.4, 0.5) is 5.69 Å². The third-order valence-electron chi connectivity index (χ3n) is 3.41. The summed E-state index contributed by atoms with van der Waals surface area (Å²) in [5, 5.41) is 5.85. The molecule has 0 aliphatic heterocycles. The summed E-state index contributed by atoms with van der Waals surface area (Å²) in [4.78, 5) is 8.79. The highest BCUT2D eigenvalue weighted by Crippen LogP contribution is 2.37. The minimum atomic E-state index is -3.82. The number of amidine groups is 1. The van der Waals surface area contributed by atoms with Crippen LogP contribution in [0.3, 0.4) is 0 Å². The van der Waals surface area contributed by atoms with Crippen LogP contribution in [0.15, 0.2) is 46.3 Å². The smallest absolute Gasteiger partial charge is 0.238 e. The van der Waals surface area contributed by atoms with Crippen LogP contribution in [0.1, 0.15) is 6.92 Å². The van der Waals surface area contributed by atoms with Crippen molar-refractivity contribution in [1.29, 1.82) is 0 Å². The van der Waals surface area contributed by atoms with E-state index in [4.69, 9.17) is 15.6 Å². The van der Waals surface area contributed by atoms with Crippen molar-refractivity contribution in [2.24, 2.45) is 15.9 Å². The number of primary sulfonamides is 1. The highest BCUT2D eigenvalue weighted by molar-refractivity contribution is 7.89. The molecule has 1 aromatic heterocycles. The number of rotatable bonds is 4. The summed E-state index contributed by atoms with van der Waals surface area (Å²) in [6.07, 6.45) is 0. The molecule has 0 aliphatic carbocycles. The number of fused-ring (bicyclic) bond motifs is 1. The molecule has 0 spiro atoms. The molecule has 0 bridgehead atoms. The number of hydrogen-bond donors (Lipinski definition) is 2. The fraction of sp³-hybridized carbons (Fsp3) is 0.125. The Morgan fingerprint density at radius 3 is 2.64 bits per heavy atom. The Labute approximate surface area is 149 Å². The Morgan fingerprint density at radius 1 is 1.24 bits per heavy atom. The predicted molar refractivity (Wildman–Crippen MR) is 99.9 cm³/mol. The molecule has 25 heavy (non-hydrogen) atoms. The van der Waals surface area contributed by atoms with Crippen molar-refractivity contribution in [2.75, 3.05) is 7.11 Å². The van der Waals surface area contributed by atoms with Gasteiger partial charge in [0.05, 0.1) is 39.3 Å². The van der Waals surface area contributed by atoms with E-state index in [0.717, 1.165) is 10.2 Å². The first-order valence-electron chi connectivity index (χ1n) is 7.20. The second-order valence-electron chi connectivity index (χ2n) is 5.33. The molecule has 2 aromatic carbocycles. The number of nitrogens with zero attached hydrogens (tertiary/aromatic N) is 2. The minimum Gasteiger partial charge on any atom is -0.496 e. The van der Waals surface area contributed by atoms with Crippen LogP contribution >= 0.6 is 11.3 Å². The Hall–Kier alpha value is -2.49. The van der Waals surface area contributed by atoms with E-state index >= 15 is 0 Å². The van der Waals surface area contributed by atoms with Crippen LogP contribution in [-0.4, -0.2) is 26.3 Å². The molecule has 3 aromatic rings. The molecule has 3 rings (SSSR count). The van der Waals surface area contributed by atoms with Gasteiger partial charge in [0.2, 0.25) is 10.0 Å². The van der Waals surface area contributed by atoms with E-state index in [1.54, 1.807) is 13.0 Å². The van der Waals surface area contributed by atoms with Gasteiger partial charge >= 0.3 is 0 Å². The summed E-state index contributed by atoms with van der Waals surface area (Å²) in [6.45, 7) is 1.71. The van der Waals surface area contributed by atoms with Crippen molar-refractivity contribution in [3.05, 3.63) is 36.4 Å². The van der Waals surface area contributed by atoms with Crippen molar-refractivity contribution in [1.82, 2.24) is 4.98 Å². The Balaban J connectivity index is 2.17. The van der Waals surface area contributed by atoms with Gasteiger partial charge in [0, 0.05) is 0 Å². The molecule has 0 radical (unpaired) electrons. The van der Waals surface area contributed by atoms with Crippen LogP contribution in [0.5, 0.6) is 5.75 Å². The van der Waals surface area contributed by atoms with Crippen LogP contribution in [0, 0.1) is 0 Å². The third-order valence-corrected chi connectivity index (χ3v) is 5.39. The number of ether oxygens (including phenoxy) is 1. The van der Waals surface area contributed by atoms with Gasteiger partial charge in [0.25, 0.3) is 0 Å². The highest BCUT2D eigenvalue weighted by atomic mass is 32.2. The molecule has 0 aliphatic rings. The minimum absolute atomic E-state index is 0.00611. The van der Waals surface area contributed by atoms with Gasteiger partial charge in [-0.3, -0.25) is 0 Å². The lowest BCUT2D eigenvalue weighted by Crippen LogP contribution is -2.12. The van der Waals surface area contributed by atoms with Gasteiger partial charge < -0.3 is 10.5 Å². The Morgan fingerprint density at radius 2 is 2.00 bits per heavy atom. The number of aliphatic imine (C=N–C) groups is 1. The number of sulfonamides is 1. The first-order valence-corrected chi connectivity index (χ1v) is 9.57. The normalized spacial score (nSPS) is 12.5. The first-order chi connectivity index (χ1) is 11.8. The van der Waals surface area contributed by atoms with Gasteiger partial charge in [0.1, 0.15) is 10.8 Å². The molecule has 1 heterocycles. The lowest BCUT2D eigenvalue weighted by atomic mass is 10.2. The van der Waals surface area contributed by atoms with E-state index in [1.165, 1.54) is 30.6 Å². The zero-order valence-corrected chi connectivity index (χ0v) is 15.2. The highest BCUT2D eigenvalue weighted by Gasteiger charge is 2.16. The number of benzene rings is 2. The van der Waals surface area contributed by atoms with Gasteiger partial charge in [-0.25, -0.2) is 23.5 Å². The zero-order valence-electron chi connectivity index (χ0n) is 13.6. The quantitative estimate of drug-likeness (QED) is 0.535. The number of hydrogen-bond acceptors (Lipinski definition) is 6. The summed E-state index contributed by atoms with van der Waals surface area (Å²) in [7, 11) is -2.31. The molecule has 130 valence electrons. The van der Waals surface area contributed by atoms with E-state index in [0.29, 0.717) is 27.8 Å². The topological polar surface area (TPSA) is 121 Å². The molecule has 0 amide bonds. The van der Waals surface area contributed by atoms with E-state index in [-0.39, 0.29) is 4.90 Å². The van der Waals surface area contributed by atoms with Crippen LogP contribution in [0.2, 0.25) is 0 Å². The lowest BCUT2D eigenvalue weighted by molar-refractivity contribution is 0.416. The molecular weight excluding hydrogens is 360 g/mol. The first kappa shape index (κ1) is 17.3. The fourth-order valence-corrected chi connectivity index (χ4v) is 3.84. The van der Waals surface area contributed by atoms with Gasteiger partial charge in [-0.15, -0.1) is 11.3 Å². The Bertz CT molecular complexity index is 1080. The molecule has 0 saturated carbocycles. The van der Waals surface area contributed by atoms with E-state index in [9.17, 15) is 8.42 Å². The van der Waals surface area contributed by atoms with E-state index < -0.39 is 10.0 Å². The summed E-state index contributed by atoms with van der Waals surface area (Å²) < 4.78 is 29.5. The van der Waals surface area contributed by atoms with E-state index in [1.807, 2.05) is 18.2 Å². The second-order valence-corrected chi connectivity index (χ2v) is 7.92. The van der Waals surface area contributed by atoms with Gasteiger partial charge in [-0.05, 0) is 43.3 Å². The maximum absolute atomic E-state index is 11.6. The summed E-state index contributed by atoms with van der Waals surface area (Å²) in [5.41, 5.74) is 7.62. The molecule has 9 heteroatoms. The van der Waals surface area contributed by atoms with Crippen LogP contribution in [0.25, 0.3) is 20.8 Å². The maximum atomic E-state index is 11.6. The van der Waals surface area contributed by atoms with Crippen molar-refractivity contribution < 1.29 is 13.2 Å². The molecule has 0 fully saturated rings. The number of nitrogens with two attached hydrogens (primary N) is 2. The largest absolute Gasteiger partial charge is 0.496 e. The third kappa shape index (κ3) is 3.63. The fourth-order valence-electron chi connectivity index (χ4n) is 2.34. The predicted octanol–water partition coefficient (Wildman–Crippen LogP) is 2.63. The molecule has 7 nitrogen and oxygen atoms in total. The van der Waals surface area contributed by atoms with Gasteiger partial charge in [-0.2, -0.15) is 0 Å². The summed E-state index contributed by atoms with van der Waals surface area (Å²) in [6, 6.07) is 10.0. The number of aromatic nitrogens is 1. The average Bonchev–Trinajstić information content (AvgIpc) is 2.95. The van der Waals surface area contributed by atoms with Crippen molar-refractivity contribution in [3.8, 4) is 16.3 Å². The van der Waals surface area contributed by atoms with Crippen molar-refractivity contribution in [2.45, 2.75) is 11.8 Å². The monoisotopic (exact) mass is 376 g/mol. The van der Waals surface area contributed by atoms with Crippen molar-refractivity contribution in [3.63, 3.8) is 0 Å². The lowest BCUT2D eigenvalue weighted by Gasteiger charge is -2.07. The standard InChI is InChI=1S/C16H16N4O3S2/c1-9(17)19-10-3-6-15-13(7-10)20-16(24-15)12-8-11(25(18,21)22)4-5-14(12)23-2/h3-8H,1-2H3,(H2,17,19)(H2,18,21,22). The van der Waals surface area contributed by atoms with Crippen LogP contribution in [-0.2, 0) is 10.0 Å². The molecule has 4 N–H and O–H groups in total.